The van der Waals surface area contributed by atoms with E-state index in [-0.39, 0.29) is 5.97 Å². The fraction of sp³-hybridized carbons (Fsp3) is 0.643. The molecule has 3 heteroatoms. The number of carbonyl (C=O) groups is 1. The van der Waals surface area contributed by atoms with Gasteiger partial charge in [-0.1, -0.05) is 25.5 Å². The number of unbranched alkanes of at least 4 members (excludes halogenated alkanes) is 1. The van der Waals surface area contributed by atoms with Crippen LogP contribution in [0.1, 0.15) is 46.0 Å². The van der Waals surface area contributed by atoms with Gasteiger partial charge in [-0.15, -0.1) is 11.8 Å². The highest BCUT2D eigenvalue weighted by Gasteiger charge is 2.16. The smallest absolute Gasteiger partial charge is 0.344 e. The molecule has 0 saturated heterocycles. The molecule has 0 spiro atoms. The molecule has 1 aliphatic rings. The van der Waals surface area contributed by atoms with Crippen molar-refractivity contribution in [2.45, 2.75) is 46.0 Å². The summed E-state index contributed by atoms with van der Waals surface area (Å²) >= 11 is 1.66. The van der Waals surface area contributed by atoms with Crippen molar-refractivity contribution in [3.8, 4) is 0 Å². The van der Waals surface area contributed by atoms with Crippen LogP contribution >= 0.6 is 11.8 Å². The van der Waals surface area contributed by atoms with E-state index in [1.807, 2.05) is 6.92 Å². The Hall–Kier alpha value is -0.700. The lowest BCUT2D eigenvalue weighted by molar-refractivity contribution is -0.137. The average molecular weight is 254 g/mol. The lowest BCUT2D eigenvalue weighted by Crippen LogP contribution is -2.09. The normalized spacial score (nSPS) is 22.7. The molecule has 0 unspecified atom stereocenters. The number of hydrogen-bond acceptors (Lipinski definition) is 3. The van der Waals surface area contributed by atoms with Gasteiger partial charge in [0.05, 0.1) is 11.5 Å². The molecule has 0 aromatic carbocycles. The number of hydrogen-bond donors (Lipinski definition) is 0. The first-order valence-corrected chi connectivity index (χ1v) is 7.47. The van der Waals surface area contributed by atoms with E-state index in [0.717, 1.165) is 48.3 Å². The zero-order valence-corrected chi connectivity index (χ0v) is 11.6. The molecule has 0 amide bonds. The Kier molecular flexibility index (Phi) is 7.10. The van der Waals surface area contributed by atoms with E-state index in [9.17, 15) is 4.79 Å². The summed E-state index contributed by atoms with van der Waals surface area (Å²) < 4.78 is 5.14. The van der Waals surface area contributed by atoms with Crippen LogP contribution in [0.15, 0.2) is 22.6 Å². The van der Waals surface area contributed by atoms with Gasteiger partial charge in [0.25, 0.3) is 0 Å². The maximum absolute atomic E-state index is 11.9. The van der Waals surface area contributed by atoms with Crippen LogP contribution in [0.2, 0.25) is 0 Å². The van der Waals surface area contributed by atoms with Gasteiger partial charge < -0.3 is 4.74 Å². The van der Waals surface area contributed by atoms with Gasteiger partial charge in [0.1, 0.15) is 0 Å². The second-order valence-corrected chi connectivity index (χ2v) is 5.18. The summed E-state index contributed by atoms with van der Waals surface area (Å²) in [6, 6.07) is 0. The van der Waals surface area contributed by atoms with Crippen molar-refractivity contribution in [1.82, 2.24) is 0 Å². The van der Waals surface area contributed by atoms with Crippen LogP contribution in [0.5, 0.6) is 0 Å². The standard InChI is InChI=1S/C14H22O2S/c1-3-5-9-12-10-7-6-8-11-17-13(12)14(15)16-4-2/h7,10H,3-6,8-9,11H2,1-2H3/b10-7-,13-12-. The number of rotatable bonds is 5. The van der Waals surface area contributed by atoms with E-state index in [2.05, 4.69) is 19.1 Å². The van der Waals surface area contributed by atoms with E-state index in [1.54, 1.807) is 11.8 Å². The van der Waals surface area contributed by atoms with Crippen molar-refractivity contribution in [2.75, 3.05) is 12.4 Å². The molecule has 0 saturated carbocycles. The topological polar surface area (TPSA) is 26.3 Å². The molecule has 17 heavy (non-hydrogen) atoms. The molecule has 1 aliphatic heterocycles. The molecular weight excluding hydrogens is 232 g/mol. The maximum atomic E-state index is 11.9. The summed E-state index contributed by atoms with van der Waals surface area (Å²) in [7, 11) is 0. The van der Waals surface area contributed by atoms with Crippen LogP contribution in [-0.4, -0.2) is 18.3 Å². The summed E-state index contributed by atoms with van der Waals surface area (Å²) in [6.07, 6.45) is 9.80. The van der Waals surface area contributed by atoms with Crippen LogP contribution in [0.4, 0.5) is 0 Å². The minimum absolute atomic E-state index is 0.143. The van der Waals surface area contributed by atoms with E-state index >= 15 is 0 Å². The molecule has 0 aliphatic carbocycles. The molecule has 1 rings (SSSR count). The van der Waals surface area contributed by atoms with Crippen molar-refractivity contribution < 1.29 is 9.53 Å². The zero-order chi connectivity index (χ0) is 12.5. The van der Waals surface area contributed by atoms with Gasteiger partial charge in [-0.3, -0.25) is 0 Å². The summed E-state index contributed by atoms with van der Waals surface area (Å²) in [6.45, 7) is 4.48. The fourth-order valence-electron chi connectivity index (χ4n) is 1.72. The van der Waals surface area contributed by atoms with Crippen LogP contribution < -0.4 is 0 Å². The second kappa shape index (κ2) is 8.40. The second-order valence-electron chi connectivity index (χ2n) is 4.07. The van der Waals surface area contributed by atoms with Crippen LogP contribution in [0.25, 0.3) is 0 Å². The lowest BCUT2D eigenvalue weighted by atomic mass is 10.1. The SMILES string of the molecule is CCCCC1=C(\C(=O)OCC)SCCC/C=C\1. The minimum Gasteiger partial charge on any atom is -0.462 e. The Morgan fingerprint density at radius 3 is 3.00 bits per heavy atom. The van der Waals surface area contributed by atoms with Gasteiger partial charge in [0.2, 0.25) is 0 Å². The Morgan fingerprint density at radius 2 is 2.29 bits per heavy atom. The molecular formula is C14H22O2S. The molecule has 96 valence electrons. The van der Waals surface area contributed by atoms with Gasteiger partial charge >= 0.3 is 5.97 Å². The summed E-state index contributed by atoms with van der Waals surface area (Å²) in [5, 5.41) is 0. The highest BCUT2D eigenvalue weighted by molar-refractivity contribution is 8.04. The highest BCUT2D eigenvalue weighted by atomic mass is 32.2. The largest absolute Gasteiger partial charge is 0.462 e. The minimum atomic E-state index is -0.143. The van der Waals surface area contributed by atoms with Crippen LogP contribution in [-0.2, 0) is 9.53 Å². The van der Waals surface area contributed by atoms with Crippen LogP contribution in [0.3, 0.4) is 0 Å². The van der Waals surface area contributed by atoms with E-state index in [1.165, 1.54) is 0 Å². The molecule has 0 fully saturated rings. The molecule has 0 N–H and O–H groups in total. The quantitative estimate of drug-likeness (QED) is 0.692. The van der Waals surface area contributed by atoms with E-state index < -0.39 is 0 Å². The van der Waals surface area contributed by atoms with E-state index in [4.69, 9.17) is 4.74 Å². The van der Waals surface area contributed by atoms with Gasteiger partial charge in [-0.25, -0.2) is 4.79 Å². The van der Waals surface area contributed by atoms with Crippen molar-refractivity contribution in [1.29, 1.82) is 0 Å². The Labute approximate surface area is 108 Å². The maximum Gasteiger partial charge on any atom is 0.344 e. The molecule has 0 bridgehead atoms. The molecule has 0 radical (unpaired) electrons. The van der Waals surface area contributed by atoms with Gasteiger partial charge in [0, 0.05) is 0 Å². The molecule has 0 aromatic heterocycles. The number of ether oxygens (including phenoxy) is 1. The van der Waals surface area contributed by atoms with Crippen LogP contribution in [0, 0.1) is 0 Å². The van der Waals surface area contributed by atoms with Gasteiger partial charge in [0.15, 0.2) is 0 Å². The predicted molar refractivity (Wildman–Crippen MR) is 74.0 cm³/mol. The Balaban J connectivity index is 2.85. The van der Waals surface area contributed by atoms with Crippen molar-refractivity contribution >= 4 is 17.7 Å². The molecule has 2 nitrogen and oxygen atoms in total. The van der Waals surface area contributed by atoms with Crippen molar-refractivity contribution in [2.24, 2.45) is 0 Å². The number of esters is 1. The zero-order valence-electron chi connectivity index (χ0n) is 10.8. The lowest BCUT2D eigenvalue weighted by Gasteiger charge is -2.13. The Morgan fingerprint density at radius 1 is 1.47 bits per heavy atom. The first-order chi connectivity index (χ1) is 8.29. The first kappa shape index (κ1) is 14.4. The number of carbonyl (C=O) groups excluding carboxylic acids is 1. The first-order valence-electron chi connectivity index (χ1n) is 6.49. The fourth-order valence-corrected chi connectivity index (χ4v) is 2.77. The molecule has 1 heterocycles. The van der Waals surface area contributed by atoms with E-state index in [0.29, 0.717) is 6.61 Å². The Bertz CT molecular complexity index is 305. The third-order valence-electron chi connectivity index (χ3n) is 2.63. The molecule has 0 atom stereocenters. The summed E-state index contributed by atoms with van der Waals surface area (Å²) in [5.41, 5.74) is 1.16. The number of thioether (sulfide) groups is 1. The van der Waals surface area contributed by atoms with Crippen molar-refractivity contribution in [3.63, 3.8) is 0 Å². The summed E-state index contributed by atoms with van der Waals surface area (Å²) in [4.78, 5) is 12.7. The molecule has 0 aromatic rings. The number of allylic oxidation sites excluding steroid dienone is 3. The third-order valence-corrected chi connectivity index (χ3v) is 3.84. The van der Waals surface area contributed by atoms with Crippen molar-refractivity contribution in [3.05, 3.63) is 22.6 Å². The van der Waals surface area contributed by atoms with Gasteiger partial charge in [-0.2, -0.15) is 0 Å². The summed E-state index contributed by atoms with van der Waals surface area (Å²) in [5.74, 6) is 0.865. The van der Waals surface area contributed by atoms with Gasteiger partial charge in [-0.05, 0) is 43.9 Å². The average Bonchev–Trinajstić information content (AvgIpc) is 2.28. The predicted octanol–water partition coefficient (Wildman–Crippen LogP) is 4.08. The third kappa shape index (κ3) is 4.99. The highest BCUT2D eigenvalue weighted by Crippen LogP contribution is 2.28. The monoisotopic (exact) mass is 254 g/mol.